The van der Waals surface area contributed by atoms with E-state index in [4.69, 9.17) is 21.1 Å². The molecule has 1 atom stereocenters. The van der Waals surface area contributed by atoms with Gasteiger partial charge in [0.1, 0.15) is 12.4 Å². The fourth-order valence-corrected chi connectivity index (χ4v) is 2.82. The molecule has 0 radical (unpaired) electrons. The molecule has 3 aromatic rings. The molecule has 1 aromatic carbocycles. The molecule has 0 N–H and O–H groups in total. The van der Waals surface area contributed by atoms with Crippen LogP contribution >= 0.6 is 11.6 Å². The molecule has 0 saturated heterocycles. The molecular weight excluding hydrogens is 388 g/mol. The van der Waals surface area contributed by atoms with Crippen LogP contribution in [0.25, 0.3) is 11.2 Å². The van der Waals surface area contributed by atoms with Crippen molar-refractivity contribution in [3.8, 4) is 5.75 Å². The molecule has 0 aliphatic rings. The molecule has 28 heavy (non-hydrogen) atoms. The first-order valence-corrected chi connectivity index (χ1v) is 8.87. The number of carbonyl (C=O) groups is 1. The Hall–Kier alpha value is -3.07. The summed E-state index contributed by atoms with van der Waals surface area (Å²) in [7, 11) is 2.94. The molecule has 148 valence electrons. The van der Waals surface area contributed by atoms with Gasteiger partial charge in [-0.2, -0.15) is 0 Å². The average Bonchev–Trinajstić information content (AvgIpc) is 3.10. The standard InChI is InChI=1S/C18H19ClN4O5/c1-11(28-13-6-4-12(19)5-7-13)17(25)27-9-8-23-10-20-15-14(23)16(24)22(3)18(26)21(15)2/h4-7,10-11H,8-9H2,1-3H3. The predicted octanol–water partition coefficient (Wildman–Crippen LogP) is 1.10. The van der Waals surface area contributed by atoms with Gasteiger partial charge in [0.05, 0.1) is 12.9 Å². The van der Waals surface area contributed by atoms with Crippen LogP contribution < -0.4 is 16.0 Å². The topological polar surface area (TPSA) is 97.3 Å². The second kappa shape index (κ2) is 7.89. The fourth-order valence-electron chi connectivity index (χ4n) is 2.69. The average molecular weight is 407 g/mol. The lowest BCUT2D eigenvalue weighted by Gasteiger charge is -2.14. The van der Waals surface area contributed by atoms with Crippen LogP contribution in [0.5, 0.6) is 5.75 Å². The number of fused-ring (bicyclic) bond motifs is 1. The number of hydrogen-bond donors (Lipinski definition) is 0. The lowest BCUT2D eigenvalue weighted by atomic mass is 10.3. The monoisotopic (exact) mass is 406 g/mol. The minimum Gasteiger partial charge on any atom is -0.479 e. The van der Waals surface area contributed by atoms with Gasteiger partial charge in [0, 0.05) is 19.1 Å². The summed E-state index contributed by atoms with van der Waals surface area (Å²) in [5, 5.41) is 0.568. The molecule has 1 unspecified atom stereocenters. The van der Waals surface area contributed by atoms with Crippen molar-refractivity contribution in [1.82, 2.24) is 18.7 Å². The highest BCUT2D eigenvalue weighted by molar-refractivity contribution is 6.30. The van der Waals surface area contributed by atoms with Crippen molar-refractivity contribution >= 4 is 28.7 Å². The van der Waals surface area contributed by atoms with Gasteiger partial charge >= 0.3 is 11.7 Å². The van der Waals surface area contributed by atoms with E-state index in [1.165, 1.54) is 25.0 Å². The summed E-state index contributed by atoms with van der Waals surface area (Å²) in [6.45, 7) is 1.81. The third-order valence-electron chi connectivity index (χ3n) is 4.25. The van der Waals surface area contributed by atoms with Crippen LogP contribution in [-0.4, -0.2) is 37.4 Å². The first-order valence-electron chi connectivity index (χ1n) is 8.49. The Balaban J connectivity index is 1.65. The molecule has 3 rings (SSSR count). The molecule has 9 nitrogen and oxygen atoms in total. The highest BCUT2D eigenvalue weighted by Crippen LogP contribution is 2.17. The lowest BCUT2D eigenvalue weighted by molar-refractivity contribution is -0.151. The molecule has 10 heteroatoms. The maximum absolute atomic E-state index is 12.4. The van der Waals surface area contributed by atoms with Gasteiger partial charge < -0.3 is 14.0 Å². The zero-order valence-electron chi connectivity index (χ0n) is 15.6. The first-order chi connectivity index (χ1) is 13.3. The van der Waals surface area contributed by atoms with Crippen molar-refractivity contribution in [2.75, 3.05) is 6.61 Å². The van der Waals surface area contributed by atoms with E-state index in [9.17, 15) is 14.4 Å². The van der Waals surface area contributed by atoms with Crippen molar-refractivity contribution in [2.45, 2.75) is 19.6 Å². The highest BCUT2D eigenvalue weighted by atomic mass is 35.5. The number of hydrogen-bond acceptors (Lipinski definition) is 6. The van der Waals surface area contributed by atoms with Crippen LogP contribution in [0.3, 0.4) is 0 Å². The number of imidazole rings is 1. The van der Waals surface area contributed by atoms with Gasteiger partial charge in [-0.1, -0.05) is 11.6 Å². The number of aryl methyl sites for hydroxylation is 1. The molecule has 0 saturated carbocycles. The molecular formula is C18H19ClN4O5. The van der Waals surface area contributed by atoms with E-state index in [1.54, 1.807) is 35.8 Å². The van der Waals surface area contributed by atoms with Crippen molar-refractivity contribution in [3.63, 3.8) is 0 Å². The van der Waals surface area contributed by atoms with Crippen LogP contribution in [0.2, 0.25) is 5.02 Å². The van der Waals surface area contributed by atoms with Crippen LogP contribution in [0, 0.1) is 0 Å². The Morgan fingerprint density at radius 3 is 2.54 bits per heavy atom. The third-order valence-corrected chi connectivity index (χ3v) is 4.50. The predicted molar refractivity (Wildman–Crippen MR) is 103 cm³/mol. The molecule has 0 fully saturated rings. The number of benzene rings is 1. The number of nitrogens with zero attached hydrogens (tertiary/aromatic N) is 4. The smallest absolute Gasteiger partial charge is 0.347 e. The normalized spacial score (nSPS) is 12.1. The second-order valence-corrected chi connectivity index (χ2v) is 6.63. The van der Waals surface area contributed by atoms with Crippen molar-refractivity contribution < 1.29 is 14.3 Å². The summed E-state index contributed by atoms with van der Waals surface area (Å²) in [5.74, 6) is -0.0430. The van der Waals surface area contributed by atoms with E-state index in [0.717, 1.165) is 4.57 Å². The maximum Gasteiger partial charge on any atom is 0.347 e. The summed E-state index contributed by atoms with van der Waals surface area (Å²) in [5.41, 5.74) is -0.367. The number of esters is 1. The van der Waals surface area contributed by atoms with Crippen LogP contribution in [0.4, 0.5) is 0 Å². The zero-order chi connectivity index (χ0) is 20.4. The Labute approximate surface area is 164 Å². The van der Waals surface area contributed by atoms with E-state index in [1.807, 2.05) is 0 Å². The van der Waals surface area contributed by atoms with Gasteiger partial charge in [-0.25, -0.2) is 14.6 Å². The Morgan fingerprint density at radius 1 is 1.18 bits per heavy atom. The Morgan fingerprint density at radius 2 is 1.86 bits per heavy atom. The minimum atomic E-state index is -0.811. The van der Waals surface area contributed by atoms with Gasteiger partial charge in [0.2, 0.25) is 0 Å². The van der Waals surface area contributed by atoms with Crippen LogP contribution in [-0.2, 0) is 30.2 Å². The van der Waals surface area contributed by atoms with Gasteiger partial charge in [-0.3, -0.25) is 13.9 Å². The lowest BCUT2D eigenvalue weighted by Crippen LogP contribution is -2.37. The van der Waals surface area contributed by atoms with Crippen molar-refractivity contribution in [3.05, 3.63) is 56.5 Å². The summed E-state index contributed by atoms with van der Waals surface area (Å²) < 4.78 is 14.6. The van der Waals surface area contributed by atoms with Crippen molar-refractivity contribution in [1.29, 1.82) is 0 Å². The minimum absolute atomic E-state index is 0.0185. The largest absolute Gasteiger partial charge is 0.479 e. The van der Waals surface area contributed by atoms with Crippen LogP contribution in [0.15, 0.2) is 40.2 Å². The van der Waals surface area contributed by atoms with E-state index < -0.39 is 23.3 Å². The summed E-state index contributed by atoms with van der Waals surface area (Å²) in [4.78, 5) is 40.5. The molecule has 0 amide bonds. The van der Waals surface area contributed by atoms with Crippen molar-refractivity contribution in [2.24, 2.45) is 14.1 Å². The SMILES string of the molecule is CC(Oc1ccc(Cl)cc1)C(=O)OCCn1cnc2c1c(=O)n(C)c(=O)n2C. The molecule has 0 aliphatic heterocycles. The Bertz CT molecular complexity index is 1130. The molecule has 0 bridgehead atoms. The number of ether oxygens (including phenoxy) is 2. The third kappa shape index (κ3) is 3.79. The first kappa shape index (κ1) is 19.7. The number of halogens is 1. The Kier molecular flexibility index (Phi) is 5.55. The van der Waals surface area contributed by atoms with Gasteiger partial charge in [-0.15, -0.1) is 0 Å². The van der Waals surface area contributed by atoms with Gasteiger partial charge in [-0.05, 0) is 31.2 Å². The zero-order valence-corrected chi connectivity index (χ0v) is 16.3. The molecule has 2 aromatic heterocycles. The summed E-state index contributed by atoms with van der Waals surface area (Å²) in [6.07, 6.45) is 0.627. The summed E-state index contributed by atoms with van der Waals surface area (Å²) in [6, 6.07) is 6.63. The number of aromatic nitrogens is 4. The molecule has 2 heterocycles. The van der Waals surface area contributed by atoms with Crippen LogP contribution in [0.1, 0.15) is 6.92 Å². The quantitative estimate of drug-likeness (QED) is 0.568. The summed E-state index contributed by atoms with van der Waals surface area (Å²) >= 11 is 5.81. The van der Waals surface area contributed by atoms with E-state index in [0.29, 0.717) is 10.8 Å². The van der Waals surface area contributed by atoms with E-state index >= 15 is 0 Å². The number of carbonyl (C=O) groups excluding carboxylic acids is 1. The highest BCUT2D eigenvalue weighted by Gasteiger charge is 2.18. The second-order valence-electron chi connectivity index (χ2n) is 6.20. The number of rotatable bonds is 6. The molecule has 0 aliphatic carbocycles. The maximum atomic E-state index is 12.4. The molecule has 0 spiro atoms. The van der Waals surface area contributed by atoms with Gasteiger partial charge in [0.25, 0.3) is 5.56 Å². The fraction of sp³-hybridized carbons (Fsp3) is 0.333. The van der Waals surface area contributed by atoms with E-state index in [2.05, 4.69) is 4.98 Å². The van der Waals surface area contributed by atoms with E-state index in [-0.39, 0.29) is 24.3 Å². The van der Waals surface area contributed by atoms with Gasteiger partial charge in [0.15, 0.2) is 17.3 Å².